The van der Waals surface area contributed by atoms with E-state index in [1.54, 1.807) is 7.11 Å². The Kier molecular flexibility index (Phi) is 6.70. The number of methoxy groups -OCH3 is 1. The molecule has 1 aromatic carbocycles. The van der Waals surface area contributed by atoms with Gasteiger partial charge >= 0.3 is 0 Å². The van der Waals surface area contributed by atoms with Crippen LogP contribution in [0.4, 0.5) is 0 Å². The van der Waals surface area contributed by atoms with Gasteiger partial charge < -0.3 is 14.8 Å². The first-order valence-electron chi connectivity index (χ1n) is 9.07. The van der Waals surface area contributed by atoms with Crippen molar-refractivity contribution in [2.45, 2.75) is 57.0 Å². The van der Waals surface area contributed by atoms with Crippen molar-refractivity contribution in [2.75, 3.05) is 26.8 Å². The third-order valence-corrected chi connectivity index (χ3v) is 6.06. The van der Waals surface area contributed by atoms with E-state index in [2.05, 4.69) is 50.4 Å². The van der Waals surface area contributed by atoms with Crippen LogP contribution in [0.2, 0.25) is 0 Å². The van der Waals surface area contributed by atoms with E-state index in [1.165, 1.54) is 22.9 Å². The maximum atomic E-state index is 5.72. The number of hydrogen-bond donors (Lipinski definition) is 1. The van der Waals surface area contributed by atoms with Crippen molar-refractivity contribution in [1.29, 1.82) is 0 Å². The van der Waals surface area contributed by atoms with Gasteiger partial charge in [-0.1, -0.05) is 34.1 Å². The second kappa shape index (κ2) is 8.77. The summed E-state index contributed by atoms with van der Waals surface area (Å²) in [4.78, 5) is 2.55. The number of rotatable bonds is 7. The summed E-state index contributed by atoms with van der Waals surface area (Å²) in [5.41, 5.74) is 1.38. The summed E-state index contributed by atoms with van der Waals surface area (Å²) in [6, 6.07) is 9.58. The highest BCUT2D eigenvalue weighted by atomic mass is 79.9. The third kappa shape index (κ3) is 4.38. The van der Waals surface area contributed by atoms with Crippen LogP contribution in [0.15, 0.2) is 28.7 Å². The Labute approximate surface area is 154 Å². The summed E-state index contributed by atoms with van der Waals surface area (Å²) in [6.07, 6.45) is 3.97. The Morgan fingerprint density at radius 3 is 2.67 bits per heavy atom. The number of halogens is 1. The van der Waals surface area contributed by atoms with Gasteiger partial charge in [0.15, 0.2) is 0 Å². The average Bonchev–Trinajstić information content (AvgIpc) is 2.58. The molecule has 0 aromatic heterocycles. The van der Waals surface area contributed by atoms with Gasteiger partial charge in [0.1, 0.15) is 0 Å². The normalized spacial score (nSPS) is 28.7. The van der Waals surface area contributed by atoms with Crippen LogP contribution < -0.4 is 5.32 Å². The van der Waals surface area contributed by atoms with Crippen molar-refractivity contribution in [3.8, 4) is 0 Å². The van der Waals surface area contributed by atoms with Crippen LogP contribution >= 0.6 is 15.9 Å². The van der Waals surface area contributed by atoms with Crippen LogP contribution in [0.1, 0.15) is 31.7 Å². The van der Waals surface area contributed by atoms with Gasteiger partial charge in [-0.3, -0.25) is 4.90 Å². The molecule has 1 N–H and O–H groups in total. The SMILES string of the molecule is CCO[C@@H]1C[C@H](NC2CCN(Cc3ccccc3Br)CC2)[C@H]1OC. The Hall–Kier alpha value is -0.460. The lowest BCUT2D eigenvalue weighted by Crippen LogP contribution is -2.62. The lowest BCUT2D eigenvalue weighted by molar-refractivity contribution is -0.134. The van der Waals surface area contributed by atoms with E-state index in [4.69, 9.17) is 9.47 Å². The molecule has 5 heteroatoms. The highest BCUT2D eigenvalue weighted by Gasteiger charge is 2.43. The first-order chi connectivity index (χ1) is 11.7. The highest BCUT2D eigenvalue weighted by Crippen LogP contribution is 2.28. The minimum Gasteiger partial charge on any atom is -0.377 e. The predicted molar refractivity (Wildman–Crippen MR) is 100 cm³/mol. The van der Waals surface area contributed by atoms with Crippen LogP contribution in [0.25, 0.3) is 0 Å². The zero-order chi connectivity index (χ0) is 16.9. The van der Waals surface area contributed by atoms with Crippen molar-refractivity contribution in [2.24, 2.45) is 0 Å². The molecule has 0 unspecified atom stereocenters. The maximum Gasteiger partial charge on any atom is 0.0986 e. The van der Waals surface area contributed by atoms with Gasteiger partial charge in [-0.15, -0.1) is 0 Å². The highest BCUT2D eigenvalue weighted by molar-refractivity contribution is 9.10. The lowest BCUT2D eigenvalue weighted by atomic mass is 9.84. The molecule has 2 aliphatic rings. The minimum absolute atomic E-state index is 0.211. The number of piperidine rings is 1. The molecule has 1 heterocycles. The summed E-state index contributed by atoms with van der Waals surface area (Å²) in [7, 11) is 1.80. The molecule has 0 amide bonds. The van der Waals surface area contributed by atoms with E-state index < -0.39 is 0 Å². The quantitative estimate of drug-likeness (QED) is 0.766. The molecule has 1 aliphatic carbocycles. The number of benzene rings is 1. The molecule has 0 spiro atoms. The Morgan fingerprint density at radius 2 is 2.00 bits per heavy atom. The smallest absolute Gasteiger partial charge is 0.0986 e. The standard InChI is InChI=1S/C19H29BrN2O2/c1-3-24-18-12-17(19(18)23-2)21-15-8-10-22(11-9-15)13-14-6-4-5-7-16(14)20/h4-7,15,17-19,21H,3,8-13H2,1-2H3/t17-,18+,19+/m0/s1. The minimum atomic E-state index is 0.211. The first-order valence-corrected chi connectivity index (χ1v) is 9.86. The number of ether oxygens (including phenoxy) is 2. The molecule has 1 saturated heterocycles. The van der Waals surface area contributed by atoms with Gasteiger partial charge in [0.25, 0.3) is 0 Å². The van der Waals surface area contributed by atoms with Gasteiger partial charge in [0.2, 0.25) is 0 Å². The number of nitrogens with one attached hydrogen (secondary N) is 1. The number of hydrogen-bond acceptors (Lipinski definition) is 4. The van der Waals surface area contributed by atoms with Crippen molar-refractivity contribution < 1.29 is 9.47 Å². The van der Waals surface area contributed by atoms with Crippen LogP contribution in [-0.4, -0.2) is 56.0 Å². The molecule has 1 aromatic rings. The Morgan fingerprint density at radius 1 is 1.25 bits per heavy atom. The predicted octanol–water partition coefficient (Wildman–Crippen LogP) is 3.20. The first kappa shape index (κ1) is 18.3. The van der Waals surface area contributed by atoms with Crippen molar-refractivity contribution in [3.63, 3.8) is 0 Å². The zero-order valence-electron chi connectivity index (χ0n) is 14.7. The van der Waals surface area contributed by atoms with Gasteiger partial charge in [0, 0.05) is 36.8 Å². The van der Waals surface area contributed by atoms with E-state index in [0.29, 0.717) is 12.1 Å². The van der Waals surface area contributed by atoms with E-state index in [0.717, 1.165) is 32.7 Å². The Balaban J connectivity index is 1.42. The summed E-state index contributed by atoms with van der Waals surface area (Å²) < 4.78 is 12.5. The van der Waals surface area contributed by atoms with Crippen LogP contribution in [-0.2, 0) is 16.0 Å². The molecule has 4 nitrogen and oxygen atoms in total. The molecule has 3 rings (SSSR count). The van der Waals surface area contributed by atoms with E-state index in [9.17, 15) is 0 Å². The molecule has 0 radical (unpaired) electrons. The topological polar surface area (TPSA) is 33.7 Å². The molecular formula is C19H29BrN2O2. The average molecular weight is 397 g/mol. The molecule has 0 bridgehead atoms. The van der Waals surface area contributed by atoms with Crippen molar-refractivity contribution in [3.05, 3.63) is 34.3 Å². The molecule has 3 atom stereocenters. The second-order valence-electron chi connectivity index (χ2n) is 6.84. The maximum absolute atomic E-state index is 5.72. The second-order valence-corrected chi connectivity index (χ2v) is 7.70. The van der Waals surface area contributed by atoms with Gasteiger partial charge in [-0.2, -0.15) is 0 Å². The van der Waals surface area contributed by atoms with Gasteiger partial charge in [-0.05, 0) is 50.9 Å². The summed E-state index contributed by atoms with van der Waals surface area (Å²) >= 11 is 3.65. The van der Waals surface area contributed by atoms with E-state index in [-0.39, 0.29) is 12.2 Å². The van der Waals surface area contributed by atoms with E-state index >= 15 is 0 Å². The summed E-state index contributed by atoms with van der Waals surface area (Å²) in [5, 5.41) is 3.80. The van der Waals surface area contributed by atoms with Crippen LogP contribution in [0.3, 0.4) is 0 Å². The fraction of sp³-hybridized carbons (Fsp3) is 0.684. The monoisotopic (exact) mass is 396 g/mol. The third-order valence-electron chi connectivity index (χ3n) is 5.29. The Bertz CT molecular complexity index is 520. The summed E-state index contributed by atoms with van der Waals surface area (Å²) in [6.45, 7) is 6.15. The molecule has 24 heavy (non-hydrogen) atoms. The zero-order valence-corrected chi connectivity index (χ0v) is 16.3. The van der Waals surface area contributed by atoms with Crippen molar-refractivity contribution >= 4 is 15.9 Å². The largest absolute Gasteiger partial charge is 0.377 e. The molecule has 1 saturated carbocycles. The lowest BCUT2D eigenvalue weighted by Gasteiger charge is -2.46. The van der Waals surface area contributed by atoms with Crippen molar-refractivity contribution in [1.82, 2.24) is 10.2 Å². The number of nitrogens with zero attached hydrogens (tertiary/aromatic N) is 1. The molecule has 1 aliphatic heterocycles. The molecule has 134 valence electrons. The van der Waals surface area contributed by atoms with Crippen LogP contribution in [0.5, 0.6) is 0 Å². The number of likely N-dealkylation sites (tertiary alicyclic amines) is 1. The van der Waals surface area contributed by atoms with Gasteiger partial charge in [-0.25, -0.2) is 0 Å². The fourth-order valence-electron chi connectivity index (χ4n) is 3.87. The van der Waals surface area contributed by atoms with E-state index in [1.807, 2.05) is 6.92 Å². The summed E-state index contributed by atoms with van der Waals surface area (Å²) in [5.74, 6) is 0. The molecular weight excluding hydrogens is 368 g/mol. The van der Waals surface area contributed by atoms with Crippen LogP contribution in [0, 0.1) is 0 Å². The van der Waals surface area contributed by atoms with Gasteiger partial charge in [0.05, 0.1) is 12.2 Å². The molecule has 2 fully saturated rings. The fourth-order valence-corrected chi connectivity index (χ4v) is 4.28.